The molecule has 0 bridgehead atoms. The summed E-state index contributed by atoms with van der Waals surface area (Å²) >= 11 is 1.66. The van der Waals surface area contributed by atoms with Gasteiger partial charge in [-0.1, -0.05) is 12.1 Å². The Bertz CT molecular complexity index is 468. The van der Waals surface area contributed by atoms with Crippen LogP contribution >= 0.6 is 11.3 Å². The lowest BCUT2D eigenvalue weighted by atomic mass is 10.2. The molecule has 0 fully saturated rings. The molecule has 0 aliphatic rings. The molecule has 0 amide bonds. The molecule has 3 nitrogen and oxygen atoms in total. The number of hydrogen-bond donors (Lipinski definition) is 2. The quantitative estimate of drug-likeness (QED) is 0.854. The Morgan fingerprint density at radius 2 is 2.25 bits per heavy atom. The van der Waals surface area contributed by atoms with Gasteiger partial charge >= 0.3 is 0 Å². The minimum absolute atomic E-state index is 0.313. The lowest BCUT2D eigenvalue weighted by Gasteiger charge is -2.04. The van der Waals surface area contributed by atoms with Crippen molar-refractivity contribution in [3.8, 4) is 5.75 Å². The monoisotopic (exact) mass is 234 g/mol. The molecule has 1 aromatic carbocycles. The van der Waals surface area contributed by atoms with Crippen LogP contribution in [0.5, 0.6) is 5.75 Å². The maximum absolute atomic E-state index is 9.30. The Balaban J connectivity index is 1.87. The Kier molecular flexibility index (Phi) is 3.54. The maximum atomic E-state index is 9.30. The SMILES string of the molecule is Cc1ncsc1CNCc1cccc(O)c1. The fraction of sp³-hybridized carbons (Fsp3) is 0.250. The Labute approximate surface area is 98.8 Å². The van der Waals surface area contributed by atoms with Crippen molar-refractivity contribution in [2.75, 3.05) is 0 Å². The summed E-state index contributed by atoms with van der Waals surface area (Å²) in [6, 6.07) is 7.29. The Morgan fingerprint density at radius 3 is 2.94 bits per heavy atom. The van der Waals surface area contributed by atoms with Gasteiger partial charge < -0.3 is 10.4 Å². The summed E-state index contributed by atoms with van der Waals surface area (Å²) < 4.78 is 0. The molecule has 0 saturated carbocycles. The zero-order valence-electron chi connectivity index (χ0n) is 9.10. The van der Waals surface area contributed by atoms with Crippen LogP contribution in [-0.2, 0) is 13.1 Å². The molecular weight excluding hydrogens is 220 g/mol. The summed E-state index contributed by atoms with van der Waals surface area (Å²) in [6.07, 6.45) is 0. The van der Waals surface area contributed by atoms with Gasteiger partial charge in [0.2, 0.25) is 0 Å². The van der Waals surface area contributed by atoms with Gasteiger partial charge in [0.25, 0.3) is 0 Å². The van der Waals surface area contributed by atoms with Crippen molar-refractivity contribution in [3.05, 3.63) is 45.9 Å². The first-order chi connectivity index (χ1) is 7.75. The molecule has 0 atom stereocenters. The minimum atomic E-state index is 0.313. The molecule has 2 rings (SSSR count). The number of hydrogen-bond acceptors (Lipinski definition) is 4. The van der Waals surface area contributed by atoms with Gasteiger partial charge in [-0.25, -0.2) is 4.98 Å². The molecule has 0 spiro atoms. The number of nitrogens with one attached hydrogen (secondary N) is 1. The van der Waals surface area contributed by atoms with Crippen molar-refractivity contribution in [1.29, 1.82) is 0 Å². The van der Waals surface area contributed by atoms with E-state index in [-0.39, 0.29) is 0 Å². The van der Waals surface area contributed by atoms with Crippen LogP contribution < -0.4 is 5.32 Å². The first-order valence-corrected chi connectivity index (χ1v) is 6.01. The minimum Gasteiger partial charge on any atom is -0.508 e. The Hall–Kier alpha value is -1.39. The Morgan fingerprint density at radius 1 is 1.38 bits per heavy atom. The van der Waals surface area contributed by atoms with E-state index in [9.17, 15) is 5.11 Å². The van der Waals surface area contributed by atoms with Crippen molar-refractivity contribution in [2.24, 2.45) is 0 Å². The molecule has 0 radical (unpaired) electrons. The molecule has 1 aromatic heterocycles. The number of aromatic hydroxyl groups is 1. The van der Waals surface area contributed by atoms with E-state index in [1.54, 1.807) is 23.5 Å². The number of phenolic OH excluding ortho intramolecular Hbond substituents is 1. The van der Waals surface area contributed by atoms with Crippen LogP contribution in [0.4, 0.5) is 0 Å². The molecule has 4 heteroatoms. The predicted octanol–water partition coefficient (Wildman–Crippen LogP) is 2.45. The molecule has 84 valence electrons. The van der Waals surface area contributed by atoms with Crippen LogP contribution in [-0.4, -0.2) is 10.1 Å². The molecular formula is C12H14N2OS. The highest BCUT2D eigenvalue weighted by Gasteiger charge is 2.00. The van der Waals surface area contributed by atoms with Gasteiger partial charge in [-0.3, -0.25) is 0 Å². The number of aryl methyl sites for hydroxylation is 1. The predicted molar refractivity (Wildman–Crippen MR) is 65.5 cm³/mol. The molecule has 0 aliphatic heterocycles. The zero-order valence-corrected chi connectivity index (χ0v) is 9.92. The van der Waals surface area contributed by atoms with Crippen molar-refractivity contribution < 1.29 is 5.11 Å². The van der Waals surface area contributed by atoms with Gasteiger partial charge in [-0.05, 0) is 24.6 Å². The van der Waals surface area contributed by atoms with E-state index in [1.807, 2.05) is 24.6 Å². The van der Waals surface area contributed by atoms with Crippen molar-refractivity contribution in [2.45, 2.75) is 20.0 Å². The van der Waals surface area contributed by atoms with Crippen LogP contribution in [0.25, 0.3) is 0 Å². The number of phenols is 1. The highest BCUT2D eigenvalue weighted by molar-refractivity contribution is 7.09. The second kappa shape index (κ2) is 5.09. The van der Waals surface area contributed by atoms with E-state index in [2.05, 4.69) is 10.3 Å². The van der Waals surface area contributed by atoms with E-state index in [4.69, 9.17) is 0 Å². The van der Waals surface area contributed by atoms with Crippen LogP contribution in [0.3, 0.4) is 0 Å². The van der Waals surface area contributed by atoms with E-state index in [0.29, 0.717) is 5.75 Å². The third kappa shape index (κ3) is 2.81. The van der Waals surface area contributed by atoms with Gasteiger partial charge in [0.15, 0.2) is 0 Å². The number of benzene rings is 1. The second-order valence-electron chi connectivity index (χ2n) is 3.63. The standard InChI is InChI=1S/C12H14N2OS/c1-9-12(16-8-14-9)7-13-6-10-3-2-4-11(15)5-10/h2-5,8,13,15H,6-7H2,1H3. The summed E-state index contributed by atoms with van der Waals surface area (Å²) in [5, 5.41) is 12.6. The van der Waals surface area contributed by atoms with E-state index in [0.717, 1.165) is 24.3 Å². The number of rotatable bonds is 4. The first-order valence-electron chi connectivity index (χ1n) is 5.13. The van der Waals surface area contributed by atoms with Gasteiger partial charge in [-0.15, -0.1) is 11.3 Å². The lowest BCUT2D eigenvalue weighted by Crippen LogP contribution is -2.12. The van der Waals surface area contributed by atoms with E-state index in [1.165, 1.54) is 4.88 Å². The van der Waals surface area contributed by atoms with E-state index < -0.39 is 0 Å². The fourth-order valence-electron chi connectivity index (χ4n) is 1.48. The van der Waals surface area contributed by atoms with Crippen LogP contribution in [0, 0.1) is 6.92 Å². The van der Waals surface area contributed by atoms with Crippen LogP contribution in [0.15, 0.2) is 29.8 Å². The van der Waals surface area contributed by atoms with Crippen molar-refractivity contribution >= 4 is 11.3 Å². The van der Waals surface area contributed by atoms with Gasteiger partial charge in [0, 0.05) is 18.0 Å². The number of aromatic nitrogens is 1. The molecule has 16 heavy (non-hydrogen) atoms. The average Bonchev–Trinajstić information content (AvgIpc) is 2.65. The molecule has 2 N–H and O–H groups in total. The molecule has 2 aromatic rings. The van der Waals surface area contributed by atoms with Gasteiger partial charge in [0.05, 0.1) is 11.2 Å². The van der Waals surface area contributed by atoms with Crippen molar-refractivity contribution in [1.82, 2.24) is 10.3 Å². The van der Waals surface area contributed by atoms with Crippen LogP contribution in [0.1, 0.15) is 16.1 Å². The topological polar surface area (TPSA) is 45.2 Å². The second-order valence-corrected chi connectivity index (χ2v) is 4.57. The number of nitrogens with zero attached hydrogens (tertiary/aromatic N) is 1. The summed E-state index contributed by atoms with van der Waals surface area (Å²) in [4.78, 5) is 5.46. The molecule has 0 saturated heterocycles. The molecule has 0 aliphatic carbocycles. The third-order valence-corrected chi connectivity index (χ3v) is 3.31. The summed E-state index contributed by atoms with van der Waals surface area (Å²) in [5.41, 5.74) is 4.04. The lowest BCUT2D eigenvalue weighted by molar-refractivity contribution is 0.474. The first kappa shape index (κ1) is 11.1. The summed E-state index contributed by atoms with van der Waals surface area (Å²) in [5.74, 6) is 0.313. The van der Waals surface area contributed by atoms with Gasteiger partial charge in [-0.2, -0.15) is 0 Å². The maximum Gasteiger partial charge on any atom is 0.115 e. The summed E-state index contributed by atoms with van der Waals surface area (Å²) in [7, 11) is 0. The molecule has 0 unspecified atom stereocenters. The number of thiazole rings is 1. The average molecular weight is 234 g/mol. The van der Waals surface area contributed by atoms with Gasteiger partial charge in [0.1, 0.15) is 5.75 Å². The summed E-state index contributed by atoms with van der Waals surface area (Å²) in [6.45, 7) is 3.60. The normalized spacial score (nSPS) is 10.6. The largest absolute Gasteiger partial charge is 0.508 e. The third-order valence-electron chi connectivity index (χ3n) is 2.37. The fourth-order valence-corrected chi connectivity index (χ4v) is 2.23. The van der Waals surface area contributed by atoms with Crippen LogP contribution in [0.2, 0.25) is 0 Å². The smallest absolute Gasteiger partial charge is 0.115 e. The zero-order chi connectivity index (χ0) is 11.4. The highest BCUT2D eigenvalue weighted by atomic mass is 32.1. The molecule has 1 heterocycles. The highest BCUT2D eigenvalue weighted by Crippen LogP contribution is 2.13. The van der Waals surface area contributed by atoms with Crippen molar-refractivity contribution in [3.63, 3.8) is 0 Å². The van der Waals surface area contributed by atoms with E-state index >= 15 is 0 Å².